The fraction of sp³-hybridized carbons (Fsp3) is 0.667. The summed E-state index contributed by atoms with van der Waals surface area (Å²) in [6.45, 7) is 7.50. The van der Waals surface area contributed by atoms with Gasteiger partial charge in [0.2, 0.25) is 0 Å². The number of hydrogen-bond acceptors (Lipinski definition) is 4. The zero-order chi connectivity index (χ0) is 22.6. The summed E-state index contributed by atoms with van der Waals surface area (Å²) in [5, 5.41) is 11.6. The van der Waals surface area contributed by atoms with Gasteiger partial charge in [-0.05, 0) is 74.1 Å². The molecule has 0 aromatic heterocycles. The van der Waals surface area contributed by atoms with Gasteiger partial charge in [0.05, 0.1) is 24.4 Å². The maximum absolute atomic E-state index is 12.7. The molecule has 0 amide bonds. The molecule has 5 heteroatoms. The van der Waals surface area contributed by atoms with E-state index in [0.29, 0.717) is 18.1 Å². The van der Waals surface area contributed by atoms with Crippen LogP contribution in [0.3, 0.4) is 0 Å². The Bertz CT molecular complexity index is 1000. The Morgan fingerprint density at radius 2 is 1.97 bits per heavy atom. The first-order valence-corrected chi connectivity index (χ1v) is 12.8. The van der Waals surface area contributed by atoms with Gasteiger partial charge in [-0.2, -0.15) is 0 Å². The van der Waals surface area contributed by atoms with Gasteiger partial charge < -0.3 is 14.6 Å². The lowest BCUT2D eigenvalue weighted by Crippen LogP contribution is -2.67. The molecule has 3 saturated carbocycles. The molecule has 4 aliphatic carbocycles. The van der Waals surface area contributed by atoms with Crippen LogP contribution in [0.5, 0.6) is 0 Å². The molecule has 32 heavy (non-hydrogen) atoms. The van der Waals surface area contributed by atoms with Crippen LogP contribution in [0.4, 0.5) is 0 Å². The number of aliphatic hydroxyl groups excluding tert-OH is 1. The van der Waals surface area contributed by atoms with Crippen molar-refractivity contribution in [1.82, 2.24) is 0 Å². The lowest BCUT2D eigenvalue weighted by molar-refractivity contribution is -0.174. The summed E-state index contributed by atoms with van der Waals surface area (Å²) >= 11 is 3.41. The van der Waals surface area contributed by atoms with Crippen LogP contribution < -0.4 is 0 Å². The van der Waals surface area contributed by atoms with E-state index >= 15 is 0 Å². The molecule has 1 aliphatic heterocycles. The largest absolute Gasteiger partial charge is 0.462 e. The second-order valence-electron chi connectivity index (χ2n) is 12.1. The molecule has 1 N–H and O–H groups in total. The number of carbonyl (C=O) groups excluding carboxylic acids is 1. The van der Waals surface area contributed by atoms with Crippen LogP contribution >= 0.6 is 15.9 Å². The van der Waals surface area contributed by atoms with E-state index in [9.17, 15) is 9.90 Å². The van der Waals surface area contributed by atoms with Gasteiger partial charge in [-0.15, -0.1) is 0 Å². The summed E-state index contributed by atoms with van der Waals surface area (Å²) < 4.78 is 13.5. The highest BCUT2D eigenvalue weighted by atomic mass is 79.9. The second-order valence-corrected chi connectivity index (χ2v) is 13.1. The highest BCUT2D eigenvalue weighted by Gasteiger charge is 2.86. The highest BCUT2D eigenvalue weighted by molar-refractivity contribution is 9.10. The summed E-state index contributed by atoms with van der Waals surface area (Å²) in [5.74, 6) is 0.142. The summed E-state index contributed by atoms with van der Waals surface area (Å²) in [5.41, 5.74) is 0.0874. The van der Waals surface area contributed by atoms with Crippen molar-refractivity contribution >= 4 is 21.9 Å². The normalized spacial score (nSPS) is 47.2. The van der Waals surface area contributed by atoms with Crippen molar-refractivity contribution in [2.24, 2.45) is 27.6 Å². The zero-order valence-electron chi connectivity index (χ0n) is 19.2. The van der Waals surface area contributed by atoms with Gasteiger partial charge in [-0.1, -0.05) is 48.9 Å². The average Bonchev–Trinajstić information content (AvgIpc) is 3.39. The van der Waals surface area contributed by atoms with Crippen LogP contribution in [0.1, 0.15) is 69.7 Å². The lowest BCUT2D eigenvalue weighted by atomic mass is 9.41. The molecule has 1 saturated heterocycles. The van der Waals surface area contributed by atoms with Crippen molar-refractivity contribution in [1.29, 1.82) is 0 Å². The molecule has 7 atom stereocenters. The summed E-state index contributed by atoms with van der Waals surface area (Å²) in [4.78, 5) is 12.7. The first-order chi connectivity index (χ1) is 15.1. The van der Waals surface area contributed by atoms with Crippen molar-refractivity contribution in [2.45, 2.75) is 77.1 Å². The minimum Gasteiger partial charge on any atom is -0.462 e. The molecule has 1 aromatic carbocycles. The summed E-state index contributed by atoms with van der Waals surface area (Å²) in [6.07, 6.45) is 10.2. The third-order valence-corrected chi connectivity index (χ3v) is 10.7. The number of aliphatic hydroxyl groups is 1. The summed E-state index contributed by atoms with van der Waals surface area (Å²) in [7, 11) is 0. The number of esters is 1. The maximum atomic E-state index is 12.7. The quantitative estimate of drug-likeness (QED) is 0.329. The third-order valence-electron chi connectivity index (χ3n) is 10.1. The maximum Gasteiger partial charge on any atom is 0.338 e. The van der Waals surface area contributed by atoms with E-state index in [1.165, 1.54) is 0 Å². The number of hydrogen-bond donors (Lipinski definition) is 1. The molecule has 4 fully saturated rings. The van der Waals surface area contributed by atoms with E-state index in [4.69, 9.17) is 9.47 Å². The average molecular weight is 501 g/mol. The van der Waals surface area contributed by atoms with Crippen LogP contribution in [0, 0.1) is 27.6 Å². The molecular formula is C27H33BrO4. The number of epoxide rings is 1. The molecule has 0 radical (unpaired) electrons. The fourth-order valence-corrected chi connectivity index (χ4v) is 8.98. The van der Waals surface area contributed by atoms with E-state index in [1.807, 2.05) is 12.1 Å². The Hall–Kier alpha value is -1.17. The second kappa shape index (κ2) is 6.49. The van der Waals surface area contributed by atoms with Gasteiger partial charge in [0.15, 0.2) is 0 Å². The van der Waals surface area contributed by atoms with E-state index in [1.54, 1.807) is 12.1 Å². The molecule has 4 nitrogen and oxygen atoms in total. The molecule has 6 rings (SSSR count). The Morgan fingerprint density at radius 1 is 1.22 bits per heavy atom. The predicted molar refractivity (Wildman–Crippen MR) is 125 cm³/mol. The van der Waals surface area contributed by atoms with Crippen LogP contribution in [-0.4, -0.2) is 35.5 Å². The standard InChI is InChI=1S/C27H33BrO4/c1-23(2)9-4-10-24(3)19(23)13-20(29)26-12-11-25(15-26,14-21-27(24,26)32-21)16-31-22(30)17-5-7-18(28)8-6-17/h4-8,10,19-21,29H,9,11-16H2,1-3H3/t19-,20?,21?,24-,25-,26+,27-/m1/s1. The SMILES string of the molecule is CC1(C)CC=C[C@]2(C)[C@@H]1CC(O)[C@@]13CC[C@@](COC(=O)c4ccc(Br)cc4)(CC4O[C@@]412)C3. The zero-order valence-corrected chi connectivity index (χ0v) is 20.8. The third kappa shape index (κ3) is 2.54. The van der Waals surface area contributed by atoms with Crippen molar-refractivity contribution in [2.75, 3.05) is 6.61 Å². The van der Waals surface area contributed by atoms with Crippen LogP contribution in [0.25, 0.3) is 0 Å². The van der Waals surface area contributed by atoms with Gasteiger partial charge in [0.1, 0.15) is 5.60 Å². The molecule has 2 unspecified atom stereocenters. The molecular weight excluding hydrogens is 468 g/mol. The molecule has 1 heterocycles. The number of ether oxygens (including phenoxy) is 2. The van der Waals surface area contributed by atoms with Gasteiger partial charge in [0.25, 0.3) is 0 Å². The Balaban J connectivity index is 1.28. The molecule has 1 aromatic rings. The van der Waals surface area contributed by atoms with Gasteiger partial charge in [0, 0.05) is 20.7 Å². The van der Waals surface area contributed by atoms with Crippen molar-refractivity contribution in [3.8, 4) is 0 Å². The first-order valence-electron chi connectivity index (χ1n) is 12.0. The number of carbonyl (C=O) groups is 1. The number of halogens is 1. The van der Waals surface area contributed by atoms with E-state index in [-0.39, 0.29) is 45.4 Å². The number of benzene rings is 1. The first kappa shape index (κ1) is 21.4. The molecule has 2 bridgehead atoms. The summed E-state index contributed by atoms with van der Waals surface area (Å²) in [6, 6.07) is 7.31. The van der Waals surface area contributed by atoms with Crippen molar-refractivity contribution < 1.29 is 19.4 Å². The van der Waals surface area contributed by atoms with E-state index < -0.39 is 0 Å². The monoisotopic (exact) mass is 500 g/mol. The number of fused-ring (bicyclic) bond motifs is 2. The minimum absolute atomic E-state index is 0.0523. The minimum atomic E-state index is -0.360. The number of rotatable bonds is 3. The fourth-order valence-electron chi connectivity index (χ4n) is 8.72. The highest BCUT2D eigenvalue weighted by Crippen LogP contribution is 2.81. The Labute approximate surface area is 198 Å². The lowest BCUT2D eigenvalue weighted by Gasteiger charge is -2.62. The van der Waals surface area contributed by atoms with Gasteiger partial charge >= 0.3 is 5.97 Å². The molecule has 2 spiro atoms. The molecule has 5 aliphatic rings. The predicted octanol–water partition coefficient (Wildman–Crippen LogP) is 5.68. The molecule has 172 valence electrons. The van der Waals surface area contributed by atoms with Gasteiger partial charge in [-0.3, -0.25) is 0 Å². The van der Waals surface area contributed by atoms with Gasteiger partial charge in [-0.25, -0.2) is 4.79 Å². The van der Waals surface area contributed by atoms with Crippen molar-refractivity contribution in [3.05, 3.63) is 46.5 Å². The van der Waals surface area contributed by atoms with Crippen LogP contribution in [-0.2, 0) is 9.47 Å². The topological polar surface area (TPSA) is 59.1 Å². The smallest absolute Gasteiger partial charge is 0.338 e. The number of allylic oxidation sites excluding steroid dienone is 1. The Kier molecular flexibility index (Phi) is 4.33. The Morgan fingerprint density at radius 3 is 2.72 bits per heavy atom. The van der Waals surface area contributed by atoms with Crippen LogP contribution in [0.2, 0.25) is 0 Å². The van der Waals surface area contributed by atoms with E-state index in [0.717, 1.165) is 43.0 Å². The van der Waals surface area contributed by atoms with Crippen molar-refractivity contribution in [3.63, 3.8) is 0 Å². The van der Waals surface area contributed by atoms with Crippen LogP contribution in [0.15, 0.2) is 40.9 Å². The van der Waals surface area contributed by atoms with E-state index in [2.05, 4.69) is 48.9 Å².